The van der Waals surface area contributed by atoms with Crippen LogP contribution in [-0.2, 0) is 9.47 Å². The number of morpholine rings is 1. The molecular formula is C15H17N5O2. The first kappa shape index (κ1) is 14.7. The van der Waals surface area contributed by atoms with Crippen LogP contribution in [-0.4, -0.2) is 36.9 Å². The minimum Gasteiger partial charge on any atom is -0.456 e. The van der Waals surface area contributed by atoms with Crippen molar-refractivity contribution in [1.82, 2.24) is 4.90 Å². The van der Waals surface area contributed by atoms with E-state index >= 15 is 0 Å². The zero-order chi connectivity index (χ0) is 15.8. The largest absolute Gasteiger partial charge is 0.456 e. The van der Waals surface area contributed by atoms with Gasteiger partial charge in [-0.3, -0.25) is 4.90 Å². The molecule has 0 aromatic carbocycles. The Morgan fingerprint density at radius 2 is 1.86 bits per heavy atom. The van der Waals surface area contributed by atoms with Crippen molar-refractivity contribution in [2.45, 2.75) is 25.0 Å². The summed E-state index contributed by atoms with van der Waals surface area (Å²) in [5.41, 5.74) is 3.58. The molecule has 0 radical (unpaired) electrons. The van der Waals surface area contributed by atoms with Crippen LogP contribution in [0.3, 0.4) is 0 Å². The van der Waals surface area contributed by atoms with Crippen molar-refractivity contribution >= 4 is 0 Å². The van der Waals surface area contributed by atoms with Gasteiger partial charge in [0.1, 0.15) is 11.6 Å². The van der Waals surface area contributed by atoms with Gasteiger partial charge < -0.3 is 15.2 Å². The number of hydrogen-bond donors (Lipinski definition) is 1. The Kier molecular flexibility index (Phi) is 3.45. The van der Waals surface area contributed by atoms with Crippen LogP contribution in [0.15, 0.2) is 11.5 Å². The molecule has 7 heteroatoms. The fourth-order valence-electron chi connectivity index (χ4n) is 4.07. The van der Waals surface area contributed by atoms with Crippen LogP contribution in [0.2, 0.25) is 0 Å². The maximum Gasteiger partial charge on any atom is 0.203 e. The van der Waals surface area contributed by atoms with Crippen LogP contribution < -0.4 is 5.73 Å². The number of allylic oxidation sites excluding steroid dienone is 1. The summed E-state index contributed by atoms with van der Waals surface area (Å²) in [4.78, 5) is 2.12. The first-order valence-corrected chi connectivity index (χ1v) is 7.39. The molecule has 2 fully saturated rings. The van der Waals surface area contributed by atoms with Gasteiger partial charge in [-0.15, -0.1) is 0 Å². The van der Waals surface area contributed by atoms with Gasteiger partial charge in [0.2, 0.25) is 5.88 Å². The van der Waals surface area contributed by atoms with Crippen LogP contribution in [0, 0.1) is 45.3 Å². The number of rotatable bonds is 1. The third-order valence-electron chi connectivity index (χ3n) is 5.03. The predicted octanol–water partition coefficient (Wildman–Crippen LogP) is 0.573. The molecule has 0 aromatic rings. The summed E-state index contributed by atoms with van der Waals surface area (Å²) >= 11 is 0. The molecule has 2 N–H and O–H groups in total. The number of nitriles is 3. The summed E-state index contributed by atoms with van der Waals surface area (Å²) in [7, 11) is 0. The average molecular weight is 299 g/mol. The summed E-state index contributed by atoms with van der Waals surface area (Å²) in [6.07, 6.45) is 2.19. The Morgan fingerprint density at radius 3 is 2.45 bits per heavy atom. The minimum absolute atomic E-state index is 0.0479. The van der Waals surface area contributed by atoms with Crippen LogP contribution >= 0.6 is 0 Å². The minimum atomic E-state index is -1.54. The maximum atomic E-state index is 9.71. The van der Waals surface area contributed by atoms with Crippen molar-refractivity contribution < 1.29 is 9.47 Å². The van der Waals surface area contributed by atoms with Gasteiger partial charge in [0, 0.05) is 19.5 Å². The van der Waals surface area contributed by atoms with E-state index in [1.54, 1.807) is 0 Å². The summed E-state index contributed by atoms with van der Waals surface area (Å²) < 4.78 is 11.4. The van der Waals surface area contributed by atoms with Crippen LogP contribution in [0.5, 0.6) is 0 Å². The molecule has 3 aliphatic rings. The quantitative estimate of drug-likeness (QED) is 0.751. The molecule has 7 nitrogen and oxygen atoms in total. The molecule has 114 valence electrons. The first-order valence-electron chi connectivity index (χ1n) is 7.39. The maximum absolute atomic E-state index is 9.71. The van der Waals surface area contributed by atoms with E-state index in [-0.39, 0.29) is 17.4 Å². The van der Waals surface area contributed by atoms with E-state index in [0.29, 0.717) is 39.1 Å². The summed E-state index contributed by atoms with van der Waals surface area (Å²) in [5, 5.41) is 28.8. The van der Waals surface area contributed by atoms with Gasteiger partial charge in [-0.25, -0.2) is 0 Å². The Hall–Kier alpha value is -2.27. The van der Waals surface area contributed by atoms with E-state index in [2.05, 4.69) is 17.0 Å². The lowest BCUT2D eigenvalue weighted by molar-refractivity contribution is -0.195. The monoisotopic (exact) mass is 299 g/mol. The highest BCUT2D eigenvalue weighted by molar-refractivity contribution is 5.47. The molecule has 1 saturated carbocycles. The second-order valence-electron chi connectivity index (χ2n) is 5.87. The molecule has 2 aliphatic heterocycles. The molecule has 1 aliphatic carbocycles. The van der Waals surface area contributed by atoms with Gasteiger partial charge >= 0.3 is 0 Å². The van der Waals surface area contributed by atoms with Crippen LogP contribution in [0.1, 0.15) is 19.3 Å². The van der Waals surface area contributed by atoms with E-state index in [4.69, 9.17) is 15.2 Å². The fraction of sp³-hybridized carbons (Fsp3) is 0.667. The lowest BCUT2D eigenvalue weighted by Crippen LogP contribution is -2.62. The lowest BCUT2D eigenvalue weighted by Gasteiger charge is -2.51. The van der Waals surface area contributed by atoms with Gasteiger partial charge in [0.25, 0.3) is 0 Å². The van der Waals surface area contributed by atoms with Gasteiger partial charge in [0.15, 0.2) is 11.1 Å². The number of ether oxygens (including phenoxy) is 2. The van der Waals surface area contributed by atoms with Crippen molar-refractivity contribution in [3.8, 4) is 18.2 Å². The SMILES string of the molecule is N#CC1=C(N)O[C@@]2(N3CCOCC3)CCC[C@@H]2C1(C#N)C#N. The molecule has 0 bridgehead atoms. The molecular weight excluding hydrogens is 282 g/mol. The molecule has 2 atom stereocenters. The van der Waals surface area contributed by atoms with E-state index < -0.39 is 11.1 Å². The van der Waals surface area contributed by atoms with Crippen molar-refractivity contribution in [1.29, 1.82) is 15.8 Å². The molecule has 0 spiro atoms. The topological polar surface area (TPSA) is 119 Å². The highest BCUT2D eigenvalue weighted by atomic mass is 16.5. The zero-order valence-corrected chi connectivity index (χ0v) is 12.2. The van der Waals surface area contributed by atoms with Crippen LogP contribution in [0.25, 0.3) is 0 Å². The Bertz CT molecular complexity index is 618. The first-order chi connectivity index (χ1) is 10.6. The smallest absolute Gasteiger partial charge is 0.203 e. The van der Waals surface area contributed by atoms with Gasteiger partial charge in [0.05, 0.1) is 31.3 Å². The van der Waals surface area contributed by atoms with Crippen molar-refractivity contribution in [3.63, 3.8) is 0 Å². The van der Waals surface area contributed by atoms with Gasteiger partial charge in [-0.1, -0.05) is 0 Å². The zero-order valence-electron chi connectivity index (χ0n) is 12.2. The summed E-state index contributed by atoms with van der Waals surface area (Å²) in [5.74, 6) is -0.467. The fourth-order valence-corrected chi connectivity index (χ4v) is 4.07. The standard InChI is InChI=1S/C15H17N5O2/c16-8-11-13(19)22-15(20-4-6-21-7-5-20)3-1-2-12(15)14(11,9-17)10-18/h12H,1-7,19H2/t12-,15+/m1/s1. The summed E-state index contributed by atoms with van der Waals surface area (Å²) in [6.45, 7) is 2.49. The number of hydrogen-bond acceptors (Lipinski definition) is 7. The average Bonchev–Trinajstić information content (AvgIpc) is 2.99. The predicted molar refractivity (Wildman–Crippen MR) is 74.0 cm³/mol. The molecule has 2 heterocycles. The van der Waals surface area contributed by atoms with E-state index in [1.165, 1.54) is 0 Å². The van der Waals surface area contributed by atoms with Crippen LogP contribution in [0.4, 0.5) is 0 Å². The third kappa shape index (κ3) is 1.72. The van der Waals surface area contributed by atoms with Gasteiger partial charge in [-0.05, 0) is 12.8 Å². The Balaban J connectivity index is 2.14. The number of nitrogens with two attached hydrogens (primary N) is 1. The van der Waals surface area contributed by atoms with E-state index in [0.717, 1.165) is 6.42 Å². The molecule has 22 heavy (non-hydrogen) atoms. The molecule has 0 aromatic heterocycles. The van der Waals surface area contributed by atoms with E-state index in [1.807, 2.05) is 6.07 Å². The molecule has 1 saturated heterocycles. The van der Waals surface area contributed by atoms with E-state index in [9.17, 15) is 15.8 Å². The highest BCUT2D eigenvalue weighted by Gasteiger charge is 2.64. The normalized spacial score (nSPS) is 34.0. The van der Waals surface area contributed by atoms with Gasteiger partial charge in [-0.2, -0.15) is 15.8 Å². The van der Waals surface area contributed by atoms with Crippen molar-refractivity contribution in [3.05, 3.63) is 11.5 Å². The second kappa shape index (κ2) is 5.18. The Labute approximate surface area is 129 Å². The van der Waals surface area contributed by atoms with Crippen molar-refractivity contribution in [2.75, 3.05) is 26.3 Å². The molecule has 3 rings (SSSR count). The number of nitrogens with zero attached hydrogens (tertiary/aromatic N) is 4. The second-order valence-corrected chi connectivity index (χ2v) is 5.87. The molecule has 0 unspecified atom stereocenters. The highest BCUT2D eigenvalue weighted by Crippen LogP contribution is 2.56. The lowest BCUT2D eigenvalue weighted by atomic mass is 9.66. The van der Waals surface area contributed by atoms with Crippen molar-refractivity contribution in [2.24, 2.45) is 17.1 Å². The third-order valence-corrected chi connectivity index (χ3v) is 5.03. The Morgan fingerprint density at radius 1 is 1.18 bits per heavy atom. The molecule has 0 amide bonds. The number of fused-ring (bicyclic) bond motifs is 1. The summed E-state index contributed by atoms with van der Waals surface area (Å²) in [6, 6.07) is 6.07.